The number of ether oxygens (including phenoxy) is 1. The third-order valence-corrected chi connectivity index (χ3v) is 3.12. The molecule has 0 saturated carbocycles. The average molecular weight is 304 g/mol. The topological polar surface area (TPSA) is 61.7 Å². The second kappa shape index (κ2) is 7.66. The predicted octanol–water partition coefficient (Wildman–Crippen LogP) is 0.943. The summed E-state index contributed by atoms with van der Waals surface area (Å²) in [7, 11) is 1.63. The molecule has 0 aromatic heterocycles. The molecule has 0 saturated heterocycles. The minimum atomic E-state index is -0.239. The van der Waals surface area contributed by atoms with E-state index in [0.29, 0.717) is 6.54 Å². The molecule has 0 aliphatic carbocycles. The minimum Gasteiger partial charge on any atom is -0.496 e. The van der Waals surface area contributed by atoms with Crippen molar-refractivity contribution in [2.45, 2.75) is 12.5 Å². The first-order valence-corrected chi connectivity index (χ1v) is 6.28. The number of hydrogen-bond donors (Lipinski definition) is 3. The molecule has 0 aliphatic heterocycles. The van der Waals surface area contributed by atoms with E-state index in [1.54, 1.807) is 7.11 Å². The Balaban J connectivity index is 2.44. The second-order valence-electron chi connectivity index (χ2n) is 3.74. The number of benzene rings is 1. The number of hydrogen-bond acceptors (Lipinski definition) is 4. The molecule has 0 heterocycles. The van der Waals surface area contributed by atoms with Crippen LogP contribution in [0.15, 0.2) is 22.7 Å². The van der Waals surface area contributed by atoms with Crippen LogP contribution in [-0.4, -0.2) is 43.1 Å². The lowest BCUT2D eigenvalue weighted by atomic mass is 10.1. The van der Waals surface area contributed by atoms with Crippen molar-refractivity contribution >= 4 is 15.9 Å². The number of aliphatic hydroxyl groups excluding tert-OH is 2. The van der Waals surface area contributed by atoms with Crippen molar-refractivity contribution in [2.24, 2.45) is 0 Å². The van der Waals surface area contributed by atoms with Gasteiger partial charge in [-0.25, -0.2) is 0 Å². The molecule has 1 aromatic carbocycles. The summed E-state index contributed by atoms with van der Waals surface area (Å²) in [4.78, 5) is 0. The first-order chi connectivity index (χ1) is 8.21. The molecule has 3 N–H and O–H groups in total. The maximum Gasteiger partial charge on any atom is 0.133 e. The molecule has 0 spiro atoms. The molecule has 96 valence electrons. The van der Waals surface area contributed by atoms with E-state index in [1.165, 1.54) is 5.56 Å². The van der Waals surface area contributed by atoms with Crippen LogP contribution in [0.25, 0.3) is 0 Å². The quantitative estimate of drug-likeness (QED) is 0.702. The zero-order chi connectivity index (χ0) is 12.7. The van der Waals surface area contributed by atoms with Crippen LogP contribution in [0.2, 0.25) is 0 Å². The maximum atomic E-state index is 8.89. The van der Waals surface area contributed by atoms with Gasteiger partial charge in [0.05, 0.1) is 30.8 Å². The van der Waals surface area contributed by atoms with E-state index in [2.05, 4.69) is 21.2 Å². The van der Waals surface area contributed by atoms with Crippen LogP contribution in [0.4, 0.5) is 0 Å². The van der Waals surface area contributed by atoms with Crippen LogP contribution < -0.4 is 10.1 Å². The third-order valence-electron chi connectivity index (χ3n) is 2.50. The Labute approximate surface area is 110 Å². The summed E-state index contributed by atoms with van der Waals surface area (Å²) in [5, 5.41) is 20.8. The Morgan fingerprint density at radius 3 is 2.59 bits per heavy atom. The van der Waals surface area contributed by atoms with Crippen molar-refractivity contribution in [1.29, 1.82) is 0 Å². The fourth-order valence-corrected chi connectivity index (χ4v) is 2.06. The zero-order valence-electron chi connectivity index (χ0n) is 9.82. The summed E-state index contributed by atoms with van der Waals surface area (Å²) in [6, 6.07) is 5.68. The van der Waals surface area contributed by atoms with Gasteiger partial charge in [0.25, 0.3) is 0 Å². The van der Waals surface area contributed by atoms with Crippen LogP contribution in [0, 0.1) is 0 Å². The predicted molar refractivity (Wildman–Crippen MR) is 70.4 cm³/mol. The van der Waals surface area contributed by atoms with Gasteiger partial charge in [-0.2, -0.15) is 0 Å². The summed E-state index contributed by atoms with van der Waals surface area (Å²) < 4.78 is 6.08. The Hall–Kier alpha value is -0.620. The fourth-order valence-electron chi connectivity index (χ4n) is 1.47. The van der Waals surface area contributed by atoms with E-state index in [9.17, 15) is 0 Å². The van der Waals surface area contributed by atoms with Crippen molar-refractivity contribution in [1.82, 2.24) is 5.32 Å². The molecule has 1 aromatic rings. The van der Waals surface area contributed by atoms with Crippen molar-refractivity contribution < 1.29 is 14.9 Å². The van der Waals surface area contributed by atoms with Gasteiger partial charge in [0.1, 0.15) is 5.75 Å². The van der Waals surface area contributed by atoms with Gasteiger partial charge in [0.15, 0.2) is 0 Å². The lowest BCUT2D eigenvalue weighted by Gasteiger charge is -2.13. The van der Waals surface area contributed by atoms with E-state index in [1.807, 2.05) is 18.2 Å². The van der Waals surface area contributed by atoms with Crippen molar-refractivity contribution in [3.05, 3.63) is 28.2 Å². The lowest BCUT2D eigenvalue weighted by Crippen LogP contribution is -2.36. The normalized spacial score (nSPS) is 10.9. The molecule has 1 rings (SSSR count). The Kier molecular flexibility index (Phi) is 6.50. The van der Waals surface area contributed by atoms with Crippen molar-refractivity contribution in [3.8, 4) is 5.75 Å². The van der Waals surface area contributed by atoms with E-state index in [-0.39, 0.29) is 19.3 Å². The number of aliphatic hydroxyl groups is 2. The molecule has 0 unspecified atom stereocenters. The molecule has 0 aliphatic rings. The van der Waals surface area contributed by atoms with Crippen LogP contribution in [0.1, 0.15) is 5.56 Å². The van der Waals surface area contributed by atoms with Gasteiger partial charge in [-0.15, -0.1) is 0 Å². The molecule has 0 atom stereocenters. The number of methoxy groups -OCH3 is 1. The summed E-state index contributed by atoms with van der Waals surface area (Å²) in [5.74, 6) is 0.810. The monoisotopic (exact) mass is 303 g/mol. The smallest absolute Gasteiger partial charge is 0.133 e. The van der Waals surface area contributed by atoms with Crippen LogP contribution >= 0.6 is 15.9 Å². The highest BCUT2D eigenvalue weighted by molar-refractivity contribution is 9.10. The van der Waals surface area contributed by atoms with Crippen LogP contribution in [-0.2, 0) is 6.42 Å². The second-order valence-corrected chi connectivity index (χ2v) is 4.59. The van der Waals surface area contributed by atoms with E-state index >= 15 is 0 Å². The standard InChI is InChI=1S/C12H18BrNO3/c1-17-12-3-2-9(6-11(12)13)4-5-14-10(7-15)8-16/h2-3,6,10,14-16H,4-5,7-8H2,1H3. The van der Waals surface area contributed by atoms with Crippen molar-refractivity contribution in [2.75, 3.05) is 26.9 Å². The molecular formula is C12H18BrNO3. The first kappa shape index (κ1) is 14.4. The first-order valence-electron chi connectivity index (χ1n) is 5.48. The van der Waals surface area contributed by atoms with E-state index in [0.717, 1.165) is 16.6 Å². The number of halogens is 1. The molecule has 0 bridgehead atoms. The minimum absolute atomic E-state index is 0.0528. The van der Waals surface area contributed by atoms with Gasteiger partial charge in [0.2, 0.25) is 0 Å². The van der Waals surface area contributed by atoms with Gasteiger partial charge in [0, 0.05) is 0 Å². The molecule has 0 amide bonds. The highest BCUT2D eigenvalue weighted by atomic mass is 79.9. The van der Waals surface area contributed by atoms with Crippen LogP contribution in [0.3, 0.4) is 0 Å². The Bertz CT molecular complexity index is 343. The molecule has 5 heteroatoms. The summed E-state index contributed by atoms with van der Waals surface area (Å²) in [6.45, 7) is 0.607. The highest BCUT2D eigenvalue weighted by Gasteiger charge is 2.05. The van der Waals surface area contributed by atoms with Crippen molar-refractivity contribution in [3.63, 3.8) is 0 Å². The van der Waals surface area contributed by atoms with E-state index in [4.69, 9.17) is 14.9 Å². The summed E-state index contributed by atoms with van der Waals surface area (Å²) in [5.41, 5.74) is 1.17. The van der Waals surface area contributed by atoms with Gasteiger partial charge >= 0.3 is 0 Å². The lowest BCUT2D eigenvalue weighted by molar-refractivity contribution is 0.171. The number of rotatable bonds is 7. The zero-order valence-corrected chi connectivity index (χ0v) is 11.4. The fraction of sp³-hybridized carbons (Fsp3) is 0.500. The van der Waals surface area contributed by atoms with E-state index < -0.39 is 0 Å². The van der Waals surface area contributed by atoms with Crippen LogP contribution in [0.5, 0.6) is 5.75 Å². The molecule has 17 heavy (non-hydrogen) atoms. The van der Waals surface area contributed by atoms with Gasteiger partial charge in [-0.1, -0.05) is 6.07 Å². The summed E-state index contributed by atoms with van der Waals surface area (Å²) in [6.07, 6.45) is 0.832. The summed E-state index contributed by atoms with van der Waals surface area (Å²) >= 11 is 3.43. The molecule has 0 radical (unpaired) electrons. The maximum absolute atomic E-state index is 8.89. The number of nitrogens with one attached hydrogen (secondary N) is 1. The van der Waals surface area contributed by atoms with Gasteiger partial charge < -0.3 is 20.3 Å². The highest BCUT2D eigenvalue weighted by Crippen LogP contribution is 2.25. The average Bonchev–Trinajstić information content (AvgIpc) is 2.35. The molecule has 0 fully saturated rings. The largest absolute Gasteiger partial charge is 0.496 e. The molecular weight excluding hydrogens is 286 g/mol. The SMILES string of the molecule is COc1ccc(CCNC(CO)CO)cc1Br. The van der Waals surface area contributed by atoms with Gasteiger partial charge in [-0.3, -0.25) is 0 Å². The Morgan fingerprint density at radius 2 is 2.06 bits per heavy atom. The third kappa shape index (κ3) is 4.63. The van der Waals surface area contributed by atoms with Gasteiger partial charge in [-0.05, 0) is 46.6 Å². The molecule has 4 nitrogen and oxygen atoms in total. The Morgan fingerprint density at radius 1 is 1.35 bits per heavy atom.